The Kier molecular flexibility index (Phi) is 7.10. The van der Waals surface area contributed by atoms with Crippen LogP contribution in [0.4, 0.5) is 0 Å². The van der Waals surface area contributed by atoms with Gasteiger partial charge >= 0.3 is 17.6 Å². The van der Waals surface area contributed by atoms with E-state index in [4.69, 9.17) is 9.47 Å². The number of rotatable bonds is 8. The highest BCUT2D eigenvalue weighted by Gasteiger charge is 2.40. The number of aliphatic hydroxyl groups excluding tert-OH is 1. The van der Waals surface area contributed by atoms with Crippen molar-refractivity contribution in [1.29, 1.82) is 0 Å². The van der Waals surface area contributed by atoms with E-state index < -0.39 is 34.8 Å². The van der Waals surface area contributed by atoms with Crippen molar-refractivity contribution in [2.24, 2.45) is 5.41 Å². The average Bonchev–Trinajstić information content (AvgIpc) is 2.50. The van der Waals surface area contributed by atoms with Gasteiger partial charge < -0.3 is 14.6 Å². The molecule has 1 rings (SSSR count). The molecule has 140 valence electrons. The minimum absolute atomic E-state index is 0.102. The average molecular weight is 356 g/mol. The quantitative estimate of drug-likeness (QED) is 0.639. The molecule has 2 N–H and O–H groups in total. The van der Waals surface area contributed by atoms with Gasteiger partial charge in [-0.1, -0.05) is 0 Å². The van der Waals surface area contributed by atoms with Gasteiger partial charge in [0.25, 0.3) is 5.56 Å². The lowest BCUT2D eigenvalue weighted by Gasteiger charge is -2.29. The first kappa shape index (κ1) is 20.6. The van der Waals surface area contributed by atoms with Crippen molar-refractivity contribution in [3.8, 4) is 0 Å². The first-order valence-electron chi connectivity index (χ1n) is 7.97. The van der Waals surface area contributed by atoms with Gasteiger partial charge in [-0.05, 0) is 27.7 Å². The lowest BCUT2D eigenvalue weighted by Crippen LogP contribution is -2.39. The molecule has 0 aliphatic carbocycles. The van der Waals surface area contributed by atoms with E-state index in [-0.39, 0.29) is 31.6 Å². The maximum atomic E-state index is 12.3. The Morgan fingerprint density at radius 2 is 1.88 bits per heavy atom. The van der Waals surface area contributed by atoms with Crippen LogP contribution in [0.2, 0.25) is 0 Å². The summed E-state index contributed by atoms with van der Waals surface area (Å²) >= 11 is 0. The molecule has 9 heteroatoms. The highest BCUT2D eigenvalue weighted by Crippen LogP contribution is 2.33. The van der Waals surface area contributed by atoms with Crippen molar-refractivity contribution in [2.45, 2.75) is 46.8 Å². The summed E-state index contributed by atoms with van der Waals surface area (Å²) in [6, 6.07) is 0. The lowest BCUT2D eigenvalue weighted by molar-refractivity contribution is -0.164. The van der Waals surface area contributed by atoms with Crippen molar-refractivity contribution in [1.82, 2.24) is 9.55 Å². The molecule has 9 nitrogen and oxygen atoms in total. The Bertz CT molecular complexity index is 737. The van der Waals surface area contributed by atoms with Crippen LogP contribution < -0.4 is 11.2 Å². The molecule has 2 atom stereocenters. The molecule has 0 radical (unpaired) electrons. The molecule has 0 fully saturated rings. The van der Waals surface area contributed by atoms with Gasteiger partial charge in [0.05, 0.1) is 25.0 Å². The minimum atomic E-state index is -1.44. The summed E-state index contributed by atoms with van der Waals surface area (Å²) in [5, 5.41) is 10.4. The van der Waals surface area contributed by atoms with Crippen molar-refractivity contribution in [3.05, 3.63) is 32.6 Å². The summed E-state index contributed by atoms with van der Waals surface area (Å²) in [4.78, 5) is 49.5. The SMILES string of the molecule is CCOC(=O)C[C@@](C)(C[C@H](O)n1cc(C)c(=O)[nH]c1=O)C(=O)OCC. The number of carbonyl (C=O) groups is 2. The monoisotopic (exact) mass is 356 g/mol. The zero-order valence-corrected chi connectivity index (χ0v) is 14.8. The number of nitrogens with one attached hydrogen (secondary N) is 1. The van der Waals surface area contributed by atoms with E-state index in [1.54, 1.807) is 13.8 Å². The number of hydrogen-bond donors (Lipinski definition) is 2. The summed E-state index contributed by atoms with van der Waals surface area (Å²) in [5.41, 5.74) is -2.55. The summed E-state index contributed by atoms with van der Waals surface area (Å²) in [6.45, 7) is 6.44. The molecular weight excluding hydrogens is 332 g/mol. The second kappa shape index (κ2) is 8.61. The topological polar surface area (TPSA) is 128 Å². The Morgan fingerprint density at radius 1 is 1.28 bits per heavy atom. The van der Waals surface area contributed by atoms with Crippen LogP contribution in [0.3, 0.4) is 0 Å². The molecule has 0 aliphatic heterocycles. The van der Waals surface area contributed by atoms with Crippen LogP contribution in [0.1, 0.15) is 45.4 Å². The predicted octanol–water partition coefficient (Wildman–Crippen LogP) is 0.249. The first-order valence-corrected chi connectivity index (χ1v) is 7.97. The van der Waals surface area contributed by atoms with Crippen molar-refractivity contribution >= 4 is 11.9 Å². The van der Waals surface area contributed by atoms with Gasteiger partial charge in [-0.3, -0.25) is 23.9 Å². The number of carbonyl (C=O) groups excluding carboxylic acids is 2. The van der Waals surface area contributed by atoms with Crippen LogP contribution in [0, 0.1) is 12.3 Å². The van der Waals surface area contributed by atoms with Gasteiger partial charge in [0.15, 0.2) is 0 Å². The smallest absolute Gasteiger partial charge is 0.330 e. The number of aliphatic hydroxyl groups is 1. The zero-order valence-electron chi connectivity index (χ0n) is 14.8. The summed E-state index contributed by atoms with van der Waals surface area (Å²) in [6.07, 6.45) is -0.821. The number of aryl methyl sites for hydroxylation is 1. The second-order valence-corrected chi connectivity index (χ2v) is 5.93. The minimum Gasteiger partial charge on any atom is -0.466 e. The third kappa shape index (κ3) is 5.28. The zero-order chi connectivity index (χ0) is 19.2. The van der Waals surface area contributed by atoms with Crippen LogP contribution in [0.5, 0.6) is 0 Å². The number of nitrogens with zero attached hydrogens (tertiary/aromatic N) is 1. The molecule has 0 aromatic carbocycles. The van der Waals surface area contributed by atoms with E-state index in [9.17, 15) is 24.3 Å². The van der Waals surface area contributed by atoms with E-state index in [0.717, 1.165) is 4.57 Å². The Morgan fingerprint density at radius 3 is 2.44 bits per heavy atom. The van der Waals surface area contributed by atoms with Crippen LogP contribution in [0.25, 0.3) is 0 Å². The number of H-pyrrole nitrogens is 1. The molecule has 1 aromatic heterocycles. The number of aromatic nitrogens is 2. The standard InChI is InChI=1S/C16H24N2O7/c1-5-24-12(20)8-16(4,14(22)25-6-2)7-11(19)18-9-10(3)13(21)17-15(18)23/h9,11,19H,5-8H2,1-4H3,(H,17,21,23)/t11-,16+/m0/s1. The number of hydrogen-bond acceptors (Lipinski definition) is 7. The van der Waals surface area contributed by atoms with Gasteiger partial charge in [-0.2, -0.15) is 0 Å². The van der Waals surface area contributed by atoms with Crippen LogP contribution in [-0.2, 0) is 19.1 Å². The maximum absolute atomic E-state index is 12.3. The van der Waals surface area contributed by atoms with Crippen LogP contribution in [0.15, 0.2) is 15.8 Å². The number of esters is 2. The molecule has 0 saturated heterocycles. The van der Waals surface area contributed by atoms with Crippen molar-refractivity contribution in [2.75, 3.05) is 13.2 Å². The number of ether oxygens (including phenoxy) is 2. The largest absolute Gasteiger partial charge is 0.466 e. The Labute approximate surface area is 144 Å². The molecule has 0 spiro atoms. The summed E-state index contributed by atoms with van der Waals surface area (Å²) in [7, 11) is 0. The summed E-state index contributed by atoms with van der Waals surface area (Å²) in [5.74, 6) is -1.30. The third-order valence-electron chi connectivity index (χ3n) is 3.71. The highest BCUT2D eigenvalue weighted by atomic mass is 16.5. The molecular formula is C16H24N2O7. The van der Waals surface area contributed by atoms with E-state index in [1.165, 1.54) is 20.0 Å². The van der Waals surface area contributed by atoms with Crippen LogP contribution >= 0.6 is 0 Å². The fourth-order valence-corrected chi connectivity index (χ4v) is 2.37. The molecule has 0 bridgehead atoms. The molecule has 0 amide bonds. The predicted molar refractivity (Wildman–Crippen MR) is 87.9 cm³/mol. The van der Waals surface area contributed by atoms with Crippen LogP contribution in [-0.4, -0.2) is 39.8 Å². The lowest BCUT2D eigenvalue weighted by atomic mass is 9.82. The van der Waals surface area contributed by atoms with Gasteiger partial charge in [-0.15, -0.1) is 0 Å². The maximum Gasteiger partial charge on any atom is 0.330 e. The summed E-state index contributed by atoms with van der Waals surface area (Å²) < 4.78 is 10.8. The molecule has 0 unspecified atom stereocenters. The van der Waals surface area contributed by atoms with E-state index in [0.29, 0.717) is 0 Å². The van der Waals surface area contributed by atoms with Gasteiger partial charge in [0.1, 0.15) is 6.23 Å². The molecule has 1 heterocycles. The molecule has 1 aromatic rings. The van der Waals surface area contributed by atoms with E-state index in [1.807, 2.05) is 0 Å². The van der Waals surface area contributed by atoms with Crippen molar-refractivity contribution in [3.63, 3.8) is 0 Å². The first-order chi connectivity index (χ1) is 11.6. The second-order valence-electron chi connectivity index (χ2n) is 5.93. The highest BCUT2D eigenvalue weighted by molar-refractivity contribution is 5.83. The third-order valence-corrected chi connectivity index (χ3v) is 3.71. The van der Waals surface area contributed by atoms with E-state index in [2.05, 4.69) is 4.98 Å². The fourth-order valence-electron chi connectivity index (χ4n) is 2.37. The molecule has 0 saturated carbocycles. The normalized spacial score (nSPS) is 14.4. The van der Waals surface area contributed by atoms with Gasteiger partial charge in [-0.25, -0.2) is 4.79 Å². The Balaban J connectivity index is 3.14. The number of aromatic amines is 1. The molecule has 25 heavy (non-hydrogen) atoms. The van der Waals surface area contributed by atoms with Gasteiger partial charge in [0.2, 0.25) is 0 Å². The fraction of sp³-hybridized carbons (Fsp3) is 0.625. The Hall–Kier alpha value is -2.42. The van der Waals surface area contributed by atoms with E-state index >= 15 is 0 Å². The molecule has 0 aliphatic rings. The van der Waals surface area contributed by atoms with Crippen molar-refractivity contribution < 1.29 is 24.2 Å². The van der Waals surface area contributed by atoms with Gasteiger partial charge in [0, 0.05) is 18.2 Å².